The number of hydrogen-bond acceptors (Lipinski definition) is 4. The minimum absolute atomic E-state index is 0.0655. The second kappa shape index (κ2) is 5.68. The predicted molar refractivity (Wildman–Crippen MR) is 55.8 cm³/mol. The molecule has 0 aliphatic carbocycles. The molecule has 15 heavy (non-hydrogen) atoms. The second-order valence-corrected chi connectivity index (χ2v) is 3.85. The fourth-order valence-corrected chi connectivity index (χ4v) is 1.73. The van der Waals surface area contributed by atoms with Crippen LogP contribution in [-0.2, 0) is 19.0 Å². The smallest absolute Gasteiger partial charge is 0.305 e. The Balaban J connectivity index is 2.44. The van der Waals surface area contributed by atoms with Crippen molar-refractivity contribution in [3.63, 3.8) is 0 Å². The van der Waals surface area contributed by atoms with E-state index in [-0.39, 0.29) is 12.1 Å². The van der Waals surface area contributed by atoms with Crippen LogP contribution in [0.5, 0.6) is 0 Å². The zero-order valence-corrected chi connectivity index (χ0v) is 9.88. The van der Waals surface area contributed by atoms with Gasteiger partial charge >= 0.3 is 5.97 Å². The molecule has 1 aliphatic rings. The van der Waals surface area contributed by atoms with Crippen LogP contribution in [0.15, 0.2) is 0 Å². The SMILES string of the molecule is CCC1(CCC(=O)OC)OCC(CCl)O1. The maximum absolute atomic E-state index is 11.0. The number of methoxy groups -OCH3 is 1. The summed E-state index contributed by atoms with van der Waals surface area (Å²) in [5.74, 6) is -0.474. The lowest BCUT2D eigenvalue weighted by Gasteiger charge is -2.26. The number of alkyl halides is 1. The maximum atomic E-state index is 11.0. The van der Waals surface area contributed by atoms with E-state index in [2.05, 4.69) is 4.74 Å². The van der Waals surface area contributed by atoms with Gasteiger partial charge in [-0.3, -0.25) is 4.79 Å². The quantitative estimate of drug-likeness (QED) is 0.538. The first-order valence-corrected chi connectivity index (χ1v) is 5.64. The van der Waals surface area contributed by atoms with E-state index < -0.39 is 5.79 Å². The highest BCUT2D eigenvalue weighted by Gasteiger charge is 2.39. The fraction of sp³-hybridized carbons (Fsp3) is 0.900. The number of rotatable bonds is 5. The van der Waals surface area contributed by atoms with Gasteiger partial charge in [-0.15, -0.1) is 11.6 Å². The van der Waals surface area contributed by atoms with Crippen molar-refractivity contribution in [2.45, 2.75) is 38.1 Å². The molecule has 1 saturated heterocycles. The summed E-state index contributed by atoms with van der Waals surface area (Å²) >= 11 is 5.69. The van der Waals surface area contributed by atoms with Crippen molar-refractivity contribution in [1.82, 2.24) is 0 Å². The summed E-state index contributed by atoms with van der Waals surface area (Å²) in [7, 11) is 1.37. The molecule has 4 nitrogen and oxygen atoms in total. The normalized spacial score (nSPS) is 30.5. The van der Waals surface area contributed by atoms with E-state index in [1.807, 2.05) is 6.92 Å². The minimum atomic E-state index is -0.645. The van der Waals surface area contributed by atoms with E-state index in [4.69, 9.17) is 21.1 Å². The Morgan fingerprint density at radius 1 is 1.67 bits per heavy atom. The first-order chi connectivity index (χ1) is 7.15. The van der Waals surface area contributed by atoms with Gasteiger partial charge in [0, 0.05) is 6.42 Å². The van der Waals surface area contributed by atoms with Crippen molar-refractivity contribution < 1.29 is 19.0 Å². The van der Waals surface area contributed by atoms with Gasteiger partial charge in [0.05, 0.1) is 32.1 Å². The van der Waals surface area contributed by atoms with E-state index in [9.17, 15) is 4.79 Å². The zero-order valence-electron chi connectivity index (χ0n) is 9.12. The Bertz CT molecular complexity index is 221. The average molecular weight is 237 g/mol. The monoisotopic (exact) mass is 236 g/mol. The third kappa shape index (κ3) is 3.33. The Hall–Kier alpha value is -0.320. The van der Waals surface area contributed by atoms with Gasteiger partial charge < -0.3 is 14.2 Å². The van der Waals surface area contributed by atoms with Crippen LogP contribution in [0.2, 0.25) is 0 Å². The van der Waals surface area contributed by atoms with Crippen molar-refractivity contribution in [3.05, 3.63) is 0 Å². The highest BCUT2D eigenvalue weighted by molar-refractivity contribution is 6.18. The van der Waals surface area contributed by atoms with Crippen LogP contribution in [0.3, 0.4) is 0 Å². The van der Waals surface area contributed by atoms with Crippen LogP contribution in [-0.4, -0.2) is 37.5 Å². The summed E-state index contributed by atoms with van der Waals surface area (Å²) in [4.78, 5) is 11.0. The third-order valence-corrected chi connectivity index (χ3v) is 2.91. The Kier molecular flexibility index (Phi) is 4.83. The molecular formula is C10H17ClO4. The van der Waals surface area contributed by atoms with Crippen LogP contribution in [0, 0.1) is 0 Å². The van der Waals surface area contributed by atoms with Gasteiger partial charge in [0.1, 0.15) is 0 Å². The Morgan fingerprint density at radius 2 is 2.40 bits per heavy atom. The molecule has 0 aromatic rings. The van der Waals surface area contributed by atoms with Crippen molar-refractivity contribution >= 4 is 17.6 Å². The lowest BCUT2D eigenvalue weighted by molar-refractivity contribution is -0.178. The molecule has 1 rings (SSSR count). The number of halogens is 1. The van der Waals surface area contributed by atoms with E-state index in [0.29, 0.717) is 31.7 Å². The highest BCUT2D eigenvalue weighted by Crippen LogP contribution is 2.32. The topological polar surface area (TPSA) is 44.8 Å². The highest BCUT2D eigenvalue weighted by atomic mass is 35.5. The molecule has 0 radical (unpaired) electrons. The third-order valence-electron chi connectivity index (χ3n) is 2.56. The first kappa shape index (κ1) is 12.7. The summed E-state index contributed by atoms with van der Waals surface area (Å²) in [5, 5.41) is 0. The standard InChI is InChI=1S/C10H17ClO4/c1-3-10(5-4-9(12)13-2)14-7-8(6-11)15-10/h8H,3-7H2,1-2H3. The molecular weight excluding hydrogens is 220 g/mol. The summed E-state index contributed by atoms with van der Waals surface area (Å²) < 4.78 is 15.8. The Labute approximate surface area is 94.8 Å². The van der Waals surface area contributed by atoms with Crippen LogP contribution in [0.1, 0.15) is 26.2 Å². The lowest BCUT2D eigenvalue weighted by atomic mass is 10.1. The molecule has 0 spiro atoms. The molecule has 0 aromatic heterocycles. The average Bonchev–Trinajstić information content (AvgIpc) is 2.70. The molecule has 5 heteroatoms. The van der Waals surface area contributed by atoms with E-state index in [1.165, 1.54) is 7.11 Å². The molecule has 2 unspecified atom stereocenters. The summed E-state index contributed by atoms with van der Waals surface area (Å²) in [5.41, 5.74) is 0. The zero-order chi connectivity index (χ0) is 11.3. The Morgan fingerprint density at radius 3 is 2.87 bits per heavy atom. The molecule has 0 amide bonds. The van der Waals surface area contributed by atoms with Gasteiger partial charge in [0.15, 0.2) is 5.79 Å². The fourth-order valence-electron chi connectivity index (χ4n) is 1.58. The van der Waals surface area contributed by atoms with Crippen LogP contribution in [0.4, 0.5) is 0 Å². The molecule has 1 heterocycles. The largest absolute Gasteiger partial charge is 0.469 e. The van der Waals surface area contributed by atoms with Gasteiger partial charge in [-0.1, -0.05) is 6.92 Å². The molecule has 0 aromatic carbocycles. The van der Waals surface area contributed by atoms with Gasteiger partial charge in [0.2, 0.25) is 0 Å². The molecule has 0 N–H and O–H groups in total. The number of hydrogen-bond donors (Lipinski definition) is 0. The maximum Gasteiger partial charge on any atom is 0.305 e. The van der Waals surface area contributed by atoms with Crippen molar-refractivity contribution in [2.75, 3.05) is 19.6 Å². The predicted octanol–water partition coefficient (Wildman–Crippen LogP) is 1.70. The second-order valence-electron chi connectivity index (χ2n) is 3.55. The molecule has 0 bridgehead atoms. The van der Waals surface area contributed by atoms with E-state index in [1.54, 1.807) is 0 Å². The number of carbonyl (C=O) groups excluding carboxylic acids is 1. The van der Waals surface area contributed by atoms with Crippen LogP contribution >= 0.6 is 11.6 Å². The molecule has 88 valence electrons. The molecule has 2 atom stereocenters. The summed E-state index contributed by atoms with van der Waals surface area (Å²) in [6.45, 7) is 2.46. The molecule has 0 saturated carbocycles. The van der Waals surface area contributed by atoms with E-state index >= 15 is 0 Å². The van der Waals surface area contributed by atoms with Crippen molar-refractivity contribution in [3.8, 4) is 0 Å². The van der Waals surface area contributed by atoms with Crippen LogP contribution in [0.25, 0.3) is 0 Å². The first-order valence-electron chi connectivity index (χ1n) is 5.10. The minimum Gasteiger partial charge on any atom is -0.469 e. The summed E-state index contributed by atoms with van der Waals surface area (Å²) in [6, 6.07) is 0. The van der Waals surface area contributed by atoms with Crippen molar-refractivity contribution in [2.24, 2.45) is 0 Å². The van der Waals surface area contributed by atoms with Crippen LogP contribution < -0.4 is 0 Å². The lowest BCUT2D eigenvalue weighted by Crippen LogP contribution is -2.31. The number of carbonyl (C=O) groups is 1. The van der Waals surface area contributed by atoms with Gasteiger partial charge in [0.25, 0.3) is 0 Å². The molecule has 1 aliphatic heterocycles. The molecule has 1 fully saturated rings. The van der Waals surface area contributed by atoms with Crippen molar-refractivity contribution in [1.29, 1.82) is 0 Å². The van der Waals surface area contributed by atoms with Gasteiger partial charge in [-0.2, -0.15) is 0 Å². The van der Waals surface area contributed by atoms with E-state index in [0.717, 1.165) is 0 Å². The number of ether oxygens (including phenoxy) is 3. The van der Waals surface area contributed by atoms with Gasteiger partial charge in [-0.05, 0) is 6.42 Å². The van der Waals surface area contributed by atoms with Gasteiger partial charge in [-0.25, -0.2) is 0 Å². The summed E-state index contributed by atoms with van der Waals surface area (Å²) in [6.07, 6.45) is 1.46. The number of esters is 1.